The van der Waals surface area contributed by atoms with Crippen molar-refractivity contribution in [2.45, 2.75) is 6.61 Å². The number of nitriles is 1. The highest BCUT2D eigenvalue weighted by Crippen LogP contribution is 2.31. The summed E-state index contributed by atoms with van der Waals surface area (Å²) >= 11 is 0. The van der Waals surface area contributed by atoms with Crippen molar-refractivity contribution in [2.24, 2.45) is 0 Å². The molecule has 0 aliphatic heterocycles. The van der Waals surface area contributed by atoms with Crippen molar-refractivity contribution in [3.63, 3.8) is 0 Å². The fraction of sp³-hybridized carbons (Fsp3) is 0.125. The number of hydrogen-bond donors (Lipinski definition) is 0. The minimum Gasteiger partial charge on any atom is -0.493 e. The van der Waals surface area contributed by atoms with Gasteiger partial charge in [0.2, 0.25) is 0 Å². The van der Waals surface area contributed by atoms with Gasteiger partial charge in [0.05, 0.1) is 30.8 Å². The van der Waals surface area contributed by atoms with Crippen molar-refractivity contribution in [3.8, 4) is 23.3 Å². The van der Waals surface area contributed by atoms with E-state index in [1.807, 2.05) is 12.1 Å². The number of nitrogens with zero attached hydrogens (tertiary/aromatic N) is 2. The van der Waals surface area contributed by atoms with Crippen LogP contribution in [0.25, 0.3) is 11.6 Å². The molecule has 0 unspecified atom stereocenters. The van der Waals surface area contributed by atoms with Crippen molar-refractivity contribution < 1.29 is 19.1 Å². The van der Waals surface area contributed by atoms with Crippen LogP contribution in [-0.2, 0) is 6.61 Å². The number of rotatable bonds is 8. The van der Waals surface area contributed by atoms with Crippen LogP contribution in [-0.4, -0.2) is 19.1 Å². The first-order valence-electron chi connectivity index (χ1n) is 9.34. The van der Waals surface area contributed by atoms with Crippen LogP contribution in [0.15, 0.2) is 66.7 Å². The van der Waals surface area contributed by atoms with Gasteiger partial charge in [0.25, 0.3) is 5.69 Å². The Labute approximate surface area is 179 Å². The lowest BCUT2D eigenvalue weighted by molar-refractivity contribution is -0.384. The lowest BCUT2D eigenvalue weighted by Gasteiger charge is -2.09. The predicted octanol–water partition coefficient (Wildman–Crippen LogP) is 5.26. The van der Waals surface area contributed by atoms with E-state index >= 15 is 0 Å². The van der Waals surface area contributed by atoms with E-state index in [4.69, 9.17) is 14.2 Å². The zero-order valence-corrected chi connectivity index (χ0v) is 17.1. The molecule has 0 aromatic heterocycles. The van der Waals surface area contributed by atoms with Gasteiger partial charge in [-0.2, -0.15) is 5.26 Å². The first-order valence-corrected chi connectivity index (χ1v) is 9.34. The summed E-state index contributed by atoms with van der Waals surface area (Å²) in [5.74, 6) is 1.80. The number of nitro groups is 1. The van der Waals surface area contributed by atoms with Crippen LogP contribution in [0.1, 0.15) is 16.7 Å². The molecule has 0 fully saturated rings. The van der Waals surface area contributed by atoms with E-state index < -0.39 is 4.92 Å². The third kappa shape index (κ3) is 5.40. The van der Waals surface area contributed by atoms with Crippen LogP contribution in [0.3, 0.4) is 0 Å². The Morgan fingerprint density at radius 2 is 1.68 bits per heavy atom. The highest BCUT2D eigenvalue weighted by molar-refractivity contribution is 5.90. The molecule has 0 aliphatic rings. The van der Waals surface area contributed by atoms with Crippen molar-refractivity contribution in [1.29, 1.82) is 5.26 Å². The van der Waals surface area contributed by atoms with Gasteiger partial charge in [0, 0.05) is 12.1 Å². The molecule has 0 bridgehead atoms. The number of ether oxygens (including phenoxy) is 3. The second kappa shape index (κ2) is 9.94. The Bertz CT molecular complexity index is 1130. The summed E-state index contributed by atoms with van der Waals surface area (Å²) in [6.45, 7) is 0.294. The summed E-state index contributed by atoms with van der Waals surface area (Å²) in [7, 11) is 3.11. The molecule has 0 N–H and O–H groups in total. The van der Waals surface area contributed by atoms with Gasteiger partial charge < -0.3 is 14.2 Å². The minimum absolute atomic E-state index is 0.0441. The van der Waals surface area contributed by atoms with Crippen LogP contribution in [0.5, 0.6) is 17.2 Å². The number of nitro benzene ring substituents is 1. The number of non-ortho nitro benzene ring substituents is 1. The fourth-order valence-corrected chi connectivity index (χ4v) is 2.89. The lowest BCUT2D eigenvalue weighted by atomic mass is 10.0. The topological polar surface area (TPSA) is 94.6 Å². The smallest absolute Gasteiger partial charge is 0.269 e. The summed E-state index contributed by atoms with van der Waals surface area (Å²) in [5, 5.41) is 20.3. The molecular weight excluding hydrogens is 396 g/mol. The Balaban J connectivity index is 1.70. The van der Waals surface area contributed by atoms with E-state index in [0.717, 1.165) is 16.7 Å². The highest BCUT2D eigenvalue weighted by Gasteiger charge is 2.08. The van der Waals surface area contributed by atoms with Gasteiger partial charge in [0.1, 0.15) is 12.4 Å². The molecule has 0 saturated carbocycles. The predicted molar refractivity (Wildman–Crippen MR) is 117 cm³/mol. The monoisotopic (exact) mass is 416 g/mol. The average molecular weight is 416 g/mol. The van der Waals surface area contributed by atoms with E-state index in [9.17, 15) is 15.4 Å². The molecule has 156 valence electrons. The number of hydrogen-bond acceptors (Lipinski definition) is 6. The van der Waals surface area contributed by atoms with E-state index in [1.54, 1.807) is 62.8 Å². The van der Waals surface area contributed by atoms with Gasteiger partial charge in [-0.25, -0.2) is 0 Å². The highest BCUT2D eigenvalue weighted by atomic mass is 16.6. The molecule has 7 nitrogen and oxygen atoms in total. The second-order valence-electron chi connectivity index (χ2n) is 6.52. The SMILES string of the molecule is COc1ccc(/C(C#N)=C/c2ccc(OCc3ccc([N+](=O)[O-])cc3)cc2)cc1OC. The van der Waals surface area contributed by atoms with Gasteiger partial charge in [0.15, 0.2) is 11.5 Å². The minimum atomic E-state index is -0.436. The van der Waals surface area contributed by atoms with Crippen molar-refractivity contribution in [3.05, 3.63) is 93.5 Å². The molecule has 3 rings (SSSR count). The lowest BCUT2D eigenvalue weighted by Crippen LogP contribution is -1.96. The molecule has 0 spiro atoms. The van der Waals surface area contributed by atoms with Crippen LogP contribution in [0.4, 0.5) is 5.69 Å². The second-order valence-corrected chi connectivity index (χ2v) is 6.52. The Kier molecular flexibility index (Phi) is 6.86. The maximum atomic E-state index is 10.7. The summed E-state index contributed by atoms with van der Waals surface area (Å²) in [5.41, 5.74) is 2.92. The van der Waals surface area contributed by atoms with Crippen LogP contribution in [0, 0.1) is 21.4 Å². The molecule has 3 aromatic carbocycles. The molecule has 7 heteroatoms. The van der Waals surface area contributed by atoms with Crippen molar-refractivity contribution >= 4 is 17.3 Å². The first kappa shape index (κ1) is 21.4. The molecule has 3 aromatic rings. The van der Waals surface area contributed by atoms with E-state index in [0.29, 0.717) is 29.4 Å². The standard InChI is InChI=1S/C24H20N2O5/c1-29-23-12-7-19(14-24(23)30-2)20(15-25)13-17-5-10-22(11-6-17)31-16-18-3-8-21(9-4-18)26(27)28/h3-14H,16H2,1-2H3/b20-13+. The molecule has 0 aliphatic carbocycles. The summed E-state index contributed by atoms with van der Waals surface area (Å²) in [6, 6.07) is 21.1. The largest absolute Gasteiger partial charge is 0.493 e. The van der Waals surface area contributed by atoms with Crippen LogP contribution >= 0.6 is 0 Å². The van der Waals surface area contributed by atoms with Gasteiger partial charge in [-0.05, 0) is 65.2 Å². The van der Waals surface area contributed by atoms with Crippen molar-refractivity contribution in [1.82, 2.24) is 0 Å². The Hall–Kier alpha value is -4.31. The quantitative estimate of drug-likeness (QED) is 0.215. The number of allylic oxidation sites excluding steroid dienone is 1. The molecule has 0 radical (unpaired) electrons. The molecule has 0 saturated heterocycles. The maximum Gasteiger partial charge on any atom is 0.269 e. The summed E-state index contributed by atoms with van der Waals surface area (Å²) in [6.07, 6.45) is 1.78. The Morgan fingerprint density at radius 1 is 1.00 bits per heavy atom. The van der Waals surface area contributed by atoms with Gasteiger partial charge in [-0.15, -0.1) is 0 Å². The molecule has 0 heterocycles. The zero-order chi connectivity index (χ0) is 22.2. The maximum absolute atomic E-state index is 10.7. The normalized spacial score (nSPS) is 10.8. The average Bonchev–Trinajstić information content (AvgIpc) is 2.81. The molecular formula is C24H20N2O5. The van der Waals surface area contributed by atoms with Gasteiger partial charge >= 0.3 is 0 Å². The third-order valence-corrected chi connectivity index (χ3v) is 4.56. The van der Waals surface area contributed by atoms with E-state index in [-0.39, 0.29) is 5.69 Å². The number of methoxy groups -OCH3 is 2. The van der Waals surface area contributed by atoms with Crippen LogP contribution < -0.4 is 14.2 Å². The number of benzene rings is 3. The zero-order valence-electron chi connectivity index (χ0n) is 17.1. The first-order chi connectivity index (χ1) is 15.0. The van der Waals surface area contributed by atoms with Crippen LogP contribution in [0.2, 0.25) is 0 Å². The Morgan fingerprint density at radius 3 is 2.26 bits per heavy atom. The van der Waals surface area contributed by atoms with Crippen molar-refractivity contribution in [2.75, 3.05) is 14.2 Å². The van der Waals surface area contributed by atoms with E-state index in [2.05, 4.69) is 6.07 Å². The van der Waals surface area contributed by atoms with Gasteiger partial charge in [-0.3, -0.25) is 10.1 Å². The van der Waals surface area contributed by atoms with Gasteiger partial charge in [-0.1, -0.05) is 12.1 Å². The summed E-state index contributed by atoms with van der Waals surface area (Å²) < 4.78 is 16.3. The van der Waals surface area contributed by atoms with E-state index in [1.165, 1.54) is 12.1 Å². The third-order valence-electron chi connectivity index (χ3n) is 4.56. The molecule has 31 heavy (non-hydrogen) atoms. The summed E-state index contributed by atoms with van der Waals surface area (Å²) in [4.78, 5) is 10.3. The molecule has 0 amide bonds. The fourth-order valence-electron chi connectivity index (χ4n) is 2.89. The molecule has 0 atom stereocenters.